The van der Waals surface area contributed by atoms with Gasteiger partial charge in [-0.2, -0.15) is 0 Å². The number of benzene rings is 1. The lowest BCUT2D eigenvalue weighted by molar-refractivity contribution is -0.115. The molecule has 1 atom stereocenters. The van der Waals surface area contributed by atoms with Crippen molar-refractivity contribution in [1.82, 2.24) is 10.2 Å². The van der Waals surface area contributed by atoms with Crippen molar-refractivity contribution in [2.24, 2.45) is 0 Å². The van der Waals surface area contributed by atoms with Crippen molar-refractivity contribution < 1.29 is 9.53 Å². The van der Waals surface area contributed by atoms with Gasteiger partial charge in [0.25, 0.3) is 5.91 Å². The van der Waals surface area contributed by atoms with E-state index in [-0.39, 0.29) is 12.0 Å². The maximum Gasteiger partial charge on any atom is 0.295 e. The monoisotopic (exact) mass is 286 g/mol. The molecule has 1 N–H and O–H groups in total. The van der Waals surface area contributed by atoms with Crippen molar-refractivity contribution >= 4 is 5.91 Å². The Kier molecular flexibility index (Phi) is 6.26. The highest BCUT2D eigenvalue weighted by Crippen LogP contribution is 2.12. The molecular formula is C17H22N2O2. The summed E-state index contributed by atoms with van der Waals surface area (Å²) >= 11 is 0. The lowest BCUT2D eigenvalue weighted by Gasteiger charge is -2.33. The second kappa shape index (κ2) is 8.46. The molecule has 0 aliphatic carbocycles. The van der Waals surface area contributed by atoms with Gasteiger partial charge in [0.05, 0.1) is 12.7 Å². The maximum absolute atomic E-state index is 11.3. The second-order valence-corrected chi connectivity index (χ2v) is 5.13. The third kappa shape index (κ3) is 5.58. The summed E-state index contributed by atoms with van der Waals surface area (Å²) in [6.07, 6.45) is 1.000. The number of rotatable bonds is 5. The molecule has 0 radical (unpaired) electrons. The van der Waals surface area contributed by atoms with E-state index in [9.17, 15) is 4.79 Å². The van der Waals surface area contributed by atoms with Crippen molar-refractivity contribution in [3.05, 3.63) is 35.9 Å². The van der Waals surface area contributed by atoms with Crippen LogP contribution in [0.5, 0.6) is 0 Å². The van der Waals surface area contributed by atoms with E-state index < -0.39 is 0 Å². The van der Waals surface area contributed by atoms with E-state index in [0.29, 0.717) is 6.54 Å². The number of carbonyl (C=O) groups excluding carboxylic acids is 1. The molecule has 1 saturated heterocycles. The largest absolute Gasteiger partial charge is 0.375 e. The van der Waals surface area contributed by atoms with Gasteiger partial charge in [-0.15, -0.1) is 0 Å². The van der Waals surface area contributed by atoms with Crippen molar-refractivity contribution in [1.29, 1.82) is 0 Å². The van der Waals surface area contributed by atoms with Crippen LogP contribution in [0.15, 0.2) is 30.3 Å². The molecule has 0 aromatic heterocycles. The summed E-state index contributed by atoms with van der Waals surface area (Å²) < 4.78 is 5.76. The summed E-state index contributed by atoms with van der Waals surface area (Å²) in [6, 6.07) is 10.5. The Bertz CT molecular complexity index is 505. The lowest BCUT2D eigenvalue weighted by atomic mass is 10.1. The van der Waals surface area contributed by atoms with Gasteiger partial charge in [0.2, 0.25) is 0 Å². The fourth-order valence-electron chi connectivity index (χ4n) is 2.44. The number of morpholine rings is 1. The van der Waals surface area contributed by atoms with Crippen LogP contribution >= 0.6 is 0 Å². The molecule has 1 aromatic carbocycles. The number of carbonyl (C=O) groups is 1. The quantitative estimate of drug-likeness (QED) is 0.832. The highest BCUT2D eigenvalue weighted by Gasteiger charge is 2.20. The predicted molar refractivity (Wildman–Crippen MR) is 82.5 cm³/mol. The Morgan fingerprint density at radius 3 is 3.00 bits per heavy atom. The van der Waals surface area contributed by atoms with E-state index in [4.69, 9.17) is 4.74 Å². The average molecular weight is 286 g/mol. The first-order valence-corrected chi connectivity index (χ1v) is 7.36. The smallest absolute Gasteiger partial charge is 0.295 e. The zero-order valence-corrected chi connectivity index (χ0v) is 12.5. The van der Waals surface area contributed by atoms with Crippen LogP contribution in [0.1, 0.15) is 18.9 Å². The number of hydrogen-bond donors (Lipinski definition) is 1. The summed E-state index contributed by atoms with van der Waals surface area (Å²) in [6.45, 7) is 5.83. The molecule has 0 spiro atoms. The maximum atomic E-state index is 11.3. The molecule has 1 aliphatic rings. The van der Waals surface area contributed by atoms with Gasteiger partial charge < -0.3 is 10.1 Å². The van der Waals surface area contributed by atoms with Crippen LogP contribution in [-0.4, -0.2) is 43.2 Å². The van der Waals surface area contributed by atoms with E-state index in [2.05, 4.69) is 46.3 Å². The van der Waals surface area contributed by atoms with Gasteiger partial charge in [0.1, 0.15) is 0 Å². The molecule has 4 nitrogen and oxygen atoms in total. The number of nitrogens with one attached hydrogen (secondary N) is 1. The standard InChI is InChI=1S/C17H22N2O2/c1-2-6-17(20)18-10-9-16-14-19(11-12-21-16)13-15-7-4-3-5-8-15/h3-5,7-8,16H,9-14H2,1H3,(H,18,20). The van der Waals surface area contributed by atoms with E-state index >= 15 is 0 Å². The minimum atomic E-state index is -0.213. The van der Waals surface area contributed by atoms with Crippen molar-refractivity contribution in [3.63, 3.8) is 0 Å². The normalized spacial score (nSPS) is 18.6. The first-order chi connectivity index (χ1) is 10.3. The average Bonchev–Trinajstić information content (AvgIpc) is 2.49. The highest BCUT2D eigenvalue weighted by molar-refractivity contribution is 5.93. The summed E-state index contributed by atoms with van der Waals surface area (Å²) in [5.41, 5.74) is 1.32. The Labute approximate surface area is 126 Å². The summed E-state index contributed by atoms with van der Waals surface area (Å²) in [7, 11) is 0. The number of ether oxygens (including phenoxy) is 1. The van der Waals surface area contributed by atoms with Crippen LogP contribution in [-0.2, 0) is 16.1 Å². The van der Waals surface area contributed by atoms with Crippen LogP contribution in [0.25, 0.3) is 0 Å². The van der Waals surface area contributed by atoms with Gasteiger partial charge in [0.15, 0.2) is 0 Å². The summed E-state index contributed by atoms with van der Waals surface area (Å²) in [5, 5.41) is 2.78. The van der Waals surface area contributed by atoms with E-state index in [1.165, 1.54) is 5.56 Å². The van der Waals surface area contributed by atoms with Crippen molar-refractivity contribution in [3.8, 4) is 11.8 Å². The molecule has 21 heavy (non-hydrogen) atoms. The molecule has 0 bridgehead atoms. The highest BCUT2D eigenvalue weighted by atomic mass is 16.5. The van der Waals surface area contributed by atoms with Crippen molar-refractivity contribution in [2.45, 2.75) is 26.0 Å². The van der Waals surface area contributed by atoms with Gasteiger partial charge in [-0.25, -0.2) is 0 Å². The van der Waals surface area contributed by atoms with Gasteiger partial charge in [0, 0.05) is 26.2 Å². The van der Waals surface area contributed by atoms with E-state index in [1.54, 1.807) is 6.92 Å². The van der Waals surface area contributed by atoms with E-state index in [0.717, 1.165) is 32.7 Å². The zero-order valence-electron chi connectivity index (χ0n) is 12.5. The molecule has 2 rings (SSSR count). The SMILES string of the molecule is CC#CC(=O)NCCC1CN(Cc2ccccc2)CCO1. The molecule has 4 heteroatoms. The molecule has 1 fully saturated rings. The Morgan fingerprint density at radius 2 is 2.24 bits per heavy atom. The Morgan fingerprint density at radius 1 is 1.43 bits per heavy atom. The summed E-state index contributed by atoms with van der Waals surface area (Å²) in [5.74, 6) is 4.85. The molecule has 1 aliphatic heterocycles. The fourth-order valence-corrected chi connectivity index (χ4v) is 2.44. The van der Waals surface area contributed by atoms with Crippen molar-refractivity contribution in [2.75, 3.05) is 26.2 Å². The van der Waals surface area contributed by atoms with Crippen LogP contribution < -0.4 is 5.32 Å². The fraction of sp³-hybridized carbons (Fsp3) is 0.471. The van der Waals surface area contributed by atoms with Crippen LogP contribution in [0.4, 0.5) is 0 Å². The van der Waals surface area contributed by atoms with Crippen LogP contribution in [0.2, 0.25) is 0 Å². The Hall–Kier alpha value is -1.83. The molecular weight excluding hydrogens is 264 g/mol. The van der Waals surface area contributed by atoms with Crippen LogP contribution in [0.3, 0.4) is 0 Å². The molecule has 1 unspecified atom stereocenters. The van der Waals surface area contributed by atoms with E-state index in [1.807, 2.05) is 6.07 Å². The van der Waals surface area contributed by atoms with Gasteiger partial charge in [-0.3, -0.25) is 9.69 Å². The number of nitrogens with zero attached hydrogens (tertiary/aromatic N) is 1. The molecule has 1 heterocycles. The first-order valence-electron chi connectivity index (χ1n) is 7.36. The molecule has 0 saturated carbocycles. The summed E-state index contributed by atoms with van der Waals surface area (Å²) in [4.78, 5) is 13.7. The topological polar surface area (TPSA) is 41.6 Å². The van der Waals surface area contributed by atoms with Gasteiger partial charge in [-0.05, 0) is 24.8 Å². The Balaban J connectivity index is 1.73. The van der Waals surface area contributed by atoms with Gasteiger partial charge in [-0.1, -0.05) is 36.3 Å². The third-order valence-corrected chi connectivity index (χ3v) is 3.46. The van der Waals surface area contributed by atoms with Crippen LogP contribution in [0, 0.1) is 11.8 Å². The third-order valence-electron chi connectivity index (χ3n) is 3.46. The predicted octanol–water partition coefficient (Wildman–Crippen LogP) is 1.42. The lowest BCUT2D eigenvalue weighted by Crippen LogP contribution is -2.43. The number of amides is 1. The second-order valence-electron chi connectivity index (χ2n) is 5.13. The zero-order chi connectivity index (χ0) is 14.9. The molecule has 1 amide bonds. The molecule has 1 aromatic rings. The minimum Gasteiger partial charge on any atom is -0.375 e. The molecule has 112 valence electrons. The number of hydrogen-bond acceptors (Lipinski definition) is 3. The minimum absolute atomic E-state index is 0.178. The van der Waals surface area contributed by atoms with Gasteiger partial charge >= 0.3 is 0 Å². The first kappa shape index (κ1) is 15.6.